The smallest absolute Gasteiger partial charge is 0.333 e. The number of rotatable bonds is 6. The molecule has 3 unspecified atom stereocenters. The van der Waals surface area contributed by atoms with Gasteiger partial charge in [0, 0.05) is 6.04 Å². The van der Waals surface area contributed by atoms with Gasteiger partial charge >= 0.3 is 12.0 Å². The molecule has 21 heavy (non-hydrogen) atoms. The third kappa shape index (κ3) is 4.21. The van der Waals surface area contributed by atoms with E-state index < -0.39 is 17.5 Å². The van der Waals surface area contributed by atoms with Crippen molar-refractivity contribution in [3.63, 3.8) is 0 Å². The molecule has 0 aliphatic rings. The van der Waals surface area contributed by atoms with E-state index in [1.807, 2.05) is 20.8 Å². The lowest BCUT2D eigenvalue weighted by Gasteiger charge is -2.28. The average Bonchev–Trinajstić information content (AvgIpc) is 2.46. The number of nitrogens with one attached hydrogen (secondary N) is 2. The normalized spacial score (nSPS) is 16.4. The minimum atomic E-state index is -1.46. The van der Waals surface area contributed by atoms with Crippen molar-refractivity contribution in [3.8, 4) is 0 Å². The molecule has 0 radical (unpaired) electrons. The Morgan fingerprint density at radius 3 is 2.29 bits per heavy atom. The molecule has 3 N–H and O–H groups in total. The highest BCUT2D eigenvalue weighted by atomic mass is 16.4. The van der Waals surface area contributed by atoms with Gasteiger partial charge in [-0.3, -0.25) is 0 Å². The number of carboxylic acids is 1. The van der Waals surface area contributed by atoms with Crippen LogP contribution in [0.2, 0.25) is 0 Å². The highest BCUT2D eigenvalue weighted by molar-refractivity contribution is 5.87. The Morgan fingerprint density at radius 1 is 1.24 bits per heavy atom. The summed E-state index contributed by atoms with van der Waals surface area (Å²) in [6.45, 7) is 7.48. The van der Waals surface area contributed by atoms with Crippen LogP contribution in [-0.4, -0.2) is 23.1 Å². The number of aliphatic carboxylic acids is 1. The summed E-state index contributed by atoms with van der Waals surface area (Å²) >= 11 is 0. The lowest BCUT2D eigenvalue weighted by atomic mass is 9.92. The van der Waals surface area contributed by atoms with Crippen LogP contribution in [0.15, 0.2) is 30.3 Å². The summed E-state index contributed by atoms with van der Waals surface area (Å²) in [7, 11) is 0. The van der Waals surface area contributed by atoms with Crippen molar-refractivity contribution in [1.29, 1.82) is 0 Å². The lowest BCUT2D eigenvalue weighted by molar-refractivity contribution is -0.144. The van der Waals surface area contributed by atoms with Gasteiger partial charge in [0.2, 0.25) is 0 Å². The number of urea groups is 1. The van der Waals surface area contributed by atoms with Crippen LogP contribution in [0.25, 0.3) is 0 Å². The molecule has 0 saturated carbocycles. The van der Waals surface area contributed by atoms with Crippen molar-refractivity contribution in [2.75, 3.05) is 0 Å². The van der Waals surface area contributed by atoms with E-state index in [2.05, 4.69) is 10.6 Å². The third-order valence-corrected chi connectivity index (χ3v) is 4.00. The first kappa shape index (κ1) is 17.0. The SMILES string of the molecule is CCC(C)C(C)NC(=O)NC(C)(C(=O)O)c1ccccc1. The number of carboxylic acid groups (broad SMARTS) is 1. The molecule has 0 bridgehead atoms. The van der Waals surface area contributed by atoms with Gasteiger partial charge < -0.3 is 15.7 Å². The van der Waals surface area contributed by atoms with Crippen molar-refractivity contribution >= 4 is 12.0 Å². The zero-order valence-electron chi connectivity index (χ0n) is 13.0. The highest BCUT2D eigenvalue weighted by Crippen LogP contribution is 2.21. The molecule has 116 valence electrons. The van der Waals surface area contributed by atoms with Gasteiger partial charge in [0.05, 0.1) is 0 Å². The fraction of sp³-hybridized carbons (Fsp3) is 0.500. The standard InChI is InChI=1S/C16H24N2O3/c1-5-11(2)12(3)17-15(21)18-16(4,14(19)20)13-9-7-6-8-10-13/h6-12H,5H2,1-4H3,(H,19,20)(H2,17,18,21). The van der Waals surface area contributed by atoms with E-state index >= 15 is 0 Å². The van der Waals surface area contributed by atoms with E-state index in [0.717, 1.165) is 6.42 Å². The van der Waals surface area contributed by atoms with Crippen LogP contribution in [0.4, 0.5) is 4.79 Å². The topological polar surface area (TPSA) is 78.4 Å². The first-order valence-corrected chi connectivity index (χ1v) is 7.18. The molecule has 0 spiro atoms. The van der Waals surface area contributed by atoms with Gasteiger partial charge in [-0.15, -0.1) is 0 Å². The van der Waals surface area contributed by atoms with E-state index in [4.69, 9.17) is 0 Å². The molecule has 0 saturated heterocycles. The Hall–Kier alpha value is -2.04. The van der Waals surface area contributed by atoms with E-state index in [1.165, 1.54) is 6.92 Å². The quantitative estimate of drug-likeness (QED) is 0.754. The first-order valence-electron chi connectivity index (χ1n) is 7.18. The fourth-order valence-corrected chi connectivity index (χ4v) is 1.99. The summed E-state index contributed by atoms with van der Waals surface area (Å²) < 4.78 is 0. The first-order chi connectivity index (χ1) is 9.81. The predicted molar refractivity (Wildman–Crippen MR) is 82.0 cm³/mol. The Bertz CT molecular complexity index is 490. The van der Waals surface area contributed by atoms with Gasteiger partial charge in [-0.2, -0.15) is 0 Å². The van der Waals surface area contributed by atoms with E-state index in [9.17, 15) is 14.7 Å². The second-order valence-corrected chi connectivity index (χ2v) is 5.57. The van der Waals surface area contributed by atoms with Crippen LogP contribution in [-0.2, 0) is 10.3 Å². The maximum Gasteiger partial charge on any atom is 0.333 e. The van der Waals surface area contributed by atoms with E-state index in [0.29, 0.717) is 11.5 Å². The molecule has 0 heterocycles. The van der Waals surface area contributed by atoms with E-state index in [1.54, 1.807) is 30.3 Å². The maximum atomic E-state index is 12.1. The van der Waals surface area contributed by atoms with Gasteiger partial charge in [-0.25, -0.2) is 9.59 Å². The van der Waals surface area contributed by atoms with Gasteiger partial charge in [0.1, 0.15) is 0 Å². The van der Waals surface area contributed by atoms with Gasteiger partial charge in [0.15, 0.2) is 5.54 Å². The minimum absolute atomic E-state index is 0.0242. The summed E-state index contributed by atoms with van der Waals surface area (Å²) in [5, 5.41) is 14.8. The zero-order chi connectivity index (χ0) is 16.0. The number of hydrogen-bond acceptors (Lipinski definition) is 2. The van der Waals surface area contributed by atoms with E-state index in [-0.39, 0.29) is 6.04 Å². The van der Waals surface area contributed by atoms with Crippen molar-refractivity contribution in [3.05, 3.63) is 35.9 Å². The average molecular weight is 292 g/mol. The molecule has 3 atom stereocenters. The largest absolute Gasteiger partial charge is 0.479 e. The highest BCUT2D eigenvalue weighted by Gasteiger charge is 2.37. The summed E-state index contributed by atoms with van der Waals surface area (Å²) in [6.07, 6.45) is 0.941. The molecular weight excluding hydrogens is 268 g/mol. The van der Waals surface area contributed by atoms with Gasteiger partial charge in [-0.05, 0) is 25.3 Å². The summed E-state index contributed by atoms with van der Waals surface area (Å²) in [5.74, 6) is -0.774. The van der Waals surface area contributed by atoms with Crippen molar-refractivity contribution in [2.24, 2.45) is 5.92 Å². The van der Waals surface area contributed by atoms with Crippen LogP contribution in [0, 0.1) is 5.92 Å². The Labute approximate surface area is 125 Å². The van der Waals surface area contributed by atoms with Crippen molar-refractivity contribution < 1.29 is 14.7 Å². The third-order valence-electron chi connectivity index (χ3n) is 4.00. The molecule has 2 amide bonds. The van der Waals surface area contributed by atoms with Crippen molar-refractivity contribution in [1.82, 2.24) is 10.6 Å². The summed E-state index contributed by atoms with van der Waals surface area (Å²) in [6, 6.07) is 8.17. The minimum Gasteiger partial charge on any atom is -0.479 e. The number of hydrogen-bond donors (Lipinski definition) is 3. The Morgan fingerprint density at radius 2 is 1.81 bits per heavy atom. The van der Waals surface area contributed by atoms with Crippen LogP contribution in [0.5, 0.6) is 0 Å². The second kappa shape index (κ2) is 7.11. The fourth-order valence-electron chi connectivity index (χ4n) is 1.99. The van der Waals surface area contributed by atoms with Gasteiger partial charge in [-0.1, -0.05) is 50.6 Å². The molecule has 5 nitrogen and oxygen atoms in total. The second-order valence-electron chi connectivity index (χ2n) is 5.57. The number of carbonyl (C=O) groups excluding carboxylic acids is 1. The Balaban J connectivity index is 2.85. The predicted octanol–water partition coefficient (Wildman–Crippen LogP) is 2.72. The molecule has 0 aromatic heterocycles. The molecule has 1 aromatic carbocycles. The number of amides is 2. The van der Waals surface area contributed by atoms with Gasteiger partial charge in [0.25, 0.3) is 0 Å². The van der Waals surface area contributed by atoms with Crippen LogP contribution in [0.3, 0.4) is 0 Å². The van der Waals surface area contributed by atoms with Crippen molar-refractivity contribution in [2.45, 2.75) is 45.7 Å². The number of carbonyl (C=O) groups is 2. The molecule has 0 fully saturated rings. The monoisotopic (exact) mass is 292 g/mol. The lowest BCUT2D eigenvalue weighted by Crippen LogP contribution is -2.55. The van der Waals surface area contributed by atoms with Crippen LogP contribution < -0.4 is 10.6 Å². The van der Waals surface area contributed by atoms with Crippen LogP contribution in [0.1, 0.15) is 39.7 Å². The molecule has 0 aliphatic carbocycles. The zero-order valence-corrected chi connectivity index (χ0v) is 13.0. The summed E-state index contributed by atoms with van der Waals surface area (Å²) in [5.41, 5.74) is -0.926. The molecule has 1 aromatic rings. The maximum absolute atomic E-state index is 12.1. The number of benzene rings is 1. The molecule has 5 heteroatoms. The summed E-state index contributed by atoms with van der Waals surface area (Å²) in [4.78, 5) is 23.7. The molecule has 1 rings (SSSR count). The molecular formula is C16H24N2O3. The molecule has 0 aliphatic heterocycles. The van der Waals surface area contributed by atoms with Crippen LogP contribution >= 0.6 is 0 Å². The Kier molecular flexibility index (Phi) is 5.76.